The molecule has 0 aliphatic heterocycles. The van der Waals surface area contributed by atoms with Gasteiger partial charge < -0.3 is 10.5 Å². The summed E-state index contributed by atoms with van der Waals surface area (Å²) in [5.74, 6) is 0.845. The second-order valence-corrected chi connectivity index (χ2v) is 4.27. The summed E-state index contributed by atoms with van der Waals surface area (Å²) in [7, 11) is 0. The molecule has 0 saturated heterocycles. The van der Waals surface area contributed by atoms with Crippen LogP contribution < -0.4 is 10.5 Å². The Hall–Kier alpha value is -1.51. The molecule has 1 saturated carbocycles. The SMILES string of the molecule is CCc1cc(C(C)=O)c(N)cc1OC1CC1. The molecule has 2 rings (SSSR count). The van der Waals surface area contributed by atoms with Gasteiger partial charge in [-0.15, -0.1) is 0 Å². The van der Waals surface area contributed by atoms with Crippen LogP contribution in [0.1, 0.15) is 42.6 Å². The number of carbonyl (C=O) groups excluding carboxylic acids is 1. The van der Waals surface area contributed by atoms with Gasteiger partial charge in [-0.25, -0.2) is 0 Å². The van der Waals surface area contributed by atoms with Crippen LogP contribution in [0.15, 0.2) is 12.1 Å². The molecule has 0 spiro atoms. The van der Waals surface area contributed by atoms with Crippen molar-refractivity contribution in [1.29, 1.82) is 0 Å². The number of nitrogen functional groups attached to an aromatic ring is 1. The second kappa shape index (κ2) is 4.16. The van der Waals surface area contributed by atoms with Crippen LogP contribution in [0.25, 0.3) is 0 Å². The van der Waals surface area contributed by atoms with E-state index in [1.807, 2.05) is 6.07 Å². The lowest BCUT2D eigenvalue weighted by atomic mass is 10.0. The van der Waals surface area contributed by atoms with Crippen molar-refractivity contribution in [3.8, 4) is 5.75 Å². The Morgan fingerprint density at radius 2 is 2.19 bits per heavy atom. The van der Waals surface area contributed by atoms with Gasteiger partial charge in [0.2, 0.25) is 0 Å². The van der Waals surface area contributed by atoms with Crippen molar-refractivity contribution in [2.75, 3.05) is 5.73 Å². The number of anilines is 1. The van der Waals surface area contributed by atoms with Crippen LogP contribution in [-0.2, 0) is 6.42 Å². The molecule has 1 aromatic carbocycles. The lowest BCUT2D eigenvalue weighted by Gasteiger charge is -2.12. The van der Waals surface area contributed by atoms with Gasteiger partial charge in [-0.05, 0) is 37.8 Å². The molecule has 0 amide bonds. The van der Waals surface area contributed by atoms with Gasteiger partial charge in [-0.3, -0.25) is 4.79 Å². The van der Waals surface area contributed by atoms with Crippen LogP contribution in [0.5, 0.6) is 5.75 Å². The monoisotopic (exact) mass is 219 g/mol. The number of hydrogen-bond acceptors (Lipinski definition) is 3. The average molecular weight is 219 g/mol. The van der Waals surface area contributed by atoms with E-state index in [1.165, 1.54) is 6.92 Å². The summed E-state index contributed by atoms with van der Waals surface area (Å²) >= 11 is 0. The molecule has 16 heavy (non-hydrogen) atoms. The third-order valence-electron chi connectivity index (χ3n) is 2.81. The van der Waals surface area contributed by atoms with Crippen LogP contribution in [0.3, 0.4) is 0 Å². The van der Waals surface area contributed by atoms with Gasteiger partial charge >= 0.3 is 0 Å². The maximum absolute atomic E-state index is 11.4. The minimum Gasteiger partial charge on any atom is -0.490 e. The van der Waals surface area contributed by atoms with Gasteiger partial charge in [0.15, 0.2) is 5.78 Å². The van der Waals surface area contributed by atoms with E-state index in [-0.39, 0.29) is 5.78 Å². The van der Waals surface area contributed by atoms with E-state index in [4.69, 9.17) is 10.5 Å². The van der Waals surface area contributed by atoms with Gasteiger partial charge in [0.05, 0.1) is 6.10 Å². The van der Waals surface area contributed by atoms with Crippen LogP contribution in [0.2, 0.25) is 0 Å². The fraction of sp³-hybridized carbons (Fsp3) is 0.462. The van der Waals surface area contributed by atoms with Crippen molar-refractivity contribution in [2.24, 2.45) is 0 Å². The number of hydrogen-bond donors (Lipinski definition) is 1. The summed E-state index contributed by atoms with van der Waals surface area (Å²) in [6.45, 7) is 3.59. The molecule has 3 nitrogen and oxygen atoms in total. The molecule has 86 valence electrons. The fourth-order valence-corrected chi connectivity index (χ4v) is 1.70. The summed E-state index contributed by atoms with van der Waals surface area (Å²) in [5.41, 5.74) is 8.01. The Morgan fingerprint density at radius 1 is 1.50 bits per heavy atom. The molecule has 1 aliphatic carbocycles. The molecule has 2 N–H and O–H groups in total. The molecule has 1 aromatic rings. The molecule has 0 heterocycles. The van der Waals surface area contributed by atoms with E-state index in [2.05, 4.69) is 6.92 Å². The number of ketones is 1. The first-order chi connectivity index (χ1) is 7.61. The first-order valence-corrected chi connectivity index (χ1v) is 5.71. The highest BCUT2D eigenvalue weighted by molar-refractivity contribution is 5.99. The number of rotatable bonds is 4. The molecule has 1 fully saturated rings. The van der Waals surface area contributed by atoms with E-state index < -0.39 is 0 Å². The number of carbonyl (C=O) groups is 1. The Bertz CT molecular complexity index is 422. The van der Waals surface area contributed by atoms with Crippen molar-refractivity contribution in [1.82, 2.24) is 0 Å². The zero-order valence-electron chi connectivity index (χ0n) is 9.75. The zero-order chi connectivity index (χ0) is 11.7. The van der Waals surface area contributed by atoms with Crippen molar-refractivity contribution < 1.29 is 9.53 Å². The van der Waals surface area contributed by atoms with Crippen LogP contribution >= 0.6 is 0 Å². The van der Waals surface area contributed by atoms with Gasteiger partial charge in [0.1, 0.15) is 5.75 Å². The molecular weight excluding hydrogens is 202 g/mol. The van der Waals surface area contributed by atoms with E-state index >= 15 is 0 Å². The van der Waals surface area contributed by atoms with Crippen molar-refractivity contribution in [3.63, 3.8) is 0 Å². The molecule has 0 aromatic heterocycles. The van der Waals surface area contributed by atoms with Crippen molar-refractivity contribution in [3.05, 3.63) is 23.3 Å². The van der Waals surface area contributed by atoms with Gasteiger partial charge in [0.25, 0.3) is 0 Å². The lowest BCUT2D eigenvalue weighted by molar-refractivity contribution is 0.101. The third-order valence-corrected chi connectivity index (χ3v) is 2.81. The second-order valence-electron chi connectivity index (χ2n) is 4.27. The zero-order valence-corrected chi connectivity index (χ0v) is 9.75. The molecule has 0 radical (unpaired) electrons. The van der Waals surface area contributed by atoms with Crippen LogP contribution in [-0.4, -0.2) is 11.9 Å². The van der Waals surface area contributed by atoms with E-state index in [0.717, 1.165) is 30.6 Å². The van der Waals surface area contributed by atoms with Gasteiger partial charge in [-0.2, -0.15) is 0 Å². The molecule has 1 aliphatic rings. The lowest BCUT2D eigenvalue weighted by Crippen LogP contribution is -2.05. The van der Waals surface area contributed by atoms with Crippen LogP contribution in [0.4, 0.5) is 5.69 Å². The minimum atomic E-state index is 0.00479. The number of aryl methyl sites for hydroxylation is 1. The van der Waals surface area contributed by atoms with E-state index in [0.29, 0.717) is 17.4 Å². The smallest absolute Gasteiger partial charge is 0.161 e. The maximum atomic E-state index is 11.4. The normalized spacial score (nSPS) is 14.9. The Balaban J connectivity index is 2.36. The number of benzene rings is 1. The quantitative estimate of drug-likeness (QED) is 0.625. The summed E-state index contributed by atoms with van der Waals surface area (Å²) in [6.07, 6.45) is 3.45. The summed E-state index contributed by atoms with van der Waals surface area (Å²) in [4.78, 5) is 11.4. The highest BCUT2D eigenvalue weighted by atomic mass is 16.5. The fourth-order valence-electron chi connectivity index (χ4n) is 1.70. The molecule has 0 bridgehead atoms. The number of Topliss-reactive ketones (excluding diaryl/α,β-unsaturated/α-hetero) is 1. The van der Waals surface area contributed by atoms with Gasteiger partial charge in [-0.1, -0.05) is 6.92 Å². The van der Waals surface area contributed by atoms with Crippen LogP contribution in [0, 0.1) is 0 Å². The minimum absolute atomic E-state index is 0.00479. The topological polar surface area (TPSA) is 52.3 Å². The summed E-state index contributed by atoms with van der Waals surface area (Å²) in [6, 6.07) is 3.64. The molecule has 0 unspecified atom stereocenters. The van der Waals surface area contributed by atoms with E-state index in [1.54, 1.807) is 6.07 Å². The number of ether oxygens (including phenoxy) is 1. The first kappa shape index (κ1) is 11.0. The van der Waals surface area contributed by atoms with Crippen molar-refractivity contribution in [2.45, 2.75) is 39.2 Å². The standard InChI is InChI=1S/C13H17NO2/c1-3-9-6-11(8(2)15)12(14)7-13(9)16-10-4-5-10/h6-7,10H,3-5,14H2,1-2H3. The van der Waals surface area contributed by atoms with E-state index in [9.17, 15) is 4.79 Å². The Labute approximate surface area is 95.6 Å². The van der Waals surface area contributed by atoms with Gasteiger partial charge in [0, 0.05) is 17.3 Å². The summed E-state index contributed by atoms with van der Waals surface area (Å²) in [5, 5.41) is 0. The summed E-state index contributed by atoms with van der Waals surface area (Å²) < 4.78 is 5.77. The molecular formula is C13H17NO2. The highest BCUT2D eigenvalue weighted by Gasteiger charge is 2.25. The Morgan fingerprint density at radius 3 is 2.69 bits per heavy atom. The number of nitrogens with two attached hydrogens (primary N) is 1. The maximum Gasteiger partial charge on any atom is 0.161 e. The predicted molar refractivity (Wildman–Crippen MR) is 63.9 cm³/mol. The largest absolute Gasteiger partial charge is 0.490 e. The molecule has 0 atom stereocenters. The first-order valence-electron chi connectivity index (χ1n) is 5.71. The van der Waals surface area contributed by atoms with Crippen molar-refractivity contribution >= 4 is 11.5 Å². The molecule has 3 heteroatoms. The Kier molecular flexibility index (Phi) is 2.86. The highest BCUT2D eigenvalue weighted by Crippen LogP contribution is 2.32. The predicted octanol–water partition coefficient (Wildman–Crippen LogP) is 2.58. The third kappa shape index (κ3) is 2.18. The average Bonchev–Trinajstić information content (AvgIpc) is 3.01.